The van der Waals surface area contributed by atoms with Crippen LogP contribution in [0.15, 0.2) is 34.6 Å². The maximum absolute atomic E-state index is 12.3. The number of fused-ring (bicyclic) bond motifs is 1. The van der Waals surface area contributed by atoms with E-state index in [4.69, 9.17) is 0 Å². The fraction of sp³-hybridized carbons (Fsp3) is 0.214. The molecule has 0 aliphatic rings. The normalized spacial score (nSPS) is 11.1. The first kappa shape index (κ1) is 12.0. The molecule has 0 saturated carbocycles. The average Bonchev–Trinajstić information content (AvgIpc) is 2.80. The summed E-state index contributed by atoms with van der Waals surface area (Å²) in [5.41, 5.74) is 5.00. The molecule has 3 rings (SSSR count). The van der Waals surface area contributed by atoms with E-state index < -0.39 is 0 Å². The van der Waals surface area contributed by atoms with Crippen molar-refractivity contribution in [2.24, 2.45) is 0 Å². The molecule has 2 heterocycles. The van der Waals surface area contributed by atoms with Gasteiger partial charge in [-0.05, 0) is 26.0 Å². The molecule has 0 amide bonds. The van der Waals surface area contributed by atoms with Gasteiger partial charge in [0.25, 0.3) is 5.56 Å². The van der Waals surface area contributed by atoms with Crippen molar-refractivity contribution in [1.82, 2.24) is 14.5 Å². The minimum absolute atomic E-state index is 0.0356. The molecular weight excluding hydrogens is 258 g/mol. The summed E-state index contributed by atoms with van der Waals surface area (Å²) < 4.78 is 1.78. The lowest BCUT2D eigenvalue weighted by Gasteiger charge is -2.10. The van der Waals surface area contributed by atoms with Crippen LogP contribution in [0, 0.1) is 13.8 Å². The van der Waals surface area contributed by atoms with Crippen LogP contribution in [-0.4, -0.2) is 14.5 Å². The molecule has 19 heavy (non-hydrogen) atoms. The van der Waals surface area contributed by atoms with Gasteiger partial charge in [0, 0.05) is 4.88 Å². The van der Waals surface area contributed by atoms with Crippen molar-refractivity contribution < 1.29 is 0 Å². The Morgan fingerprint density at radius 3 is 2.74 bits per heavy atom. The summed E-state index contributed by atoms with van der Waals surface area (Å²) in [6.07, 6.45) is 0. The molecule has 0 bridgehead atoms. The van der Waals surface area contributed by atoms with Crippen LogP contribution in [0.25, 0.3) is 11.0 Å². The minimum Gasteiger partial charge on any atom is -0.300 e. The van der Waals surface area contributed by atoms with Crippen molar-refractivity contribution in [1.29, 1.82) is 0 Å². The molecule has 0 N–H and O–H groups in total. The van der Waals surface area contributed by atoms with E-state index in [-0.39, 0.29) is 5.56 Å². The molecule has 1 aromatic carbocycles. The molecule has 0 unspecified atom stereocenters. The Bertz CT molecular complexity index is 804. The fourth-order valence-electron chi connectivity index (χ4n) is 2.10. The summed E-state index contributed by atoms with van der Waals surface area (Å²) in [4.78, 5) is 22.0. The van der Waals surface area contributed by atoms with Crippen LogP contribution < -0.4 is 5.56 Å². The van der Waals surface area contributed by atoms with Crippen LogP contribution in [0.5, 0.6) is 0 Å². The zero-order chi connectivity index (χ0) is 13.4. The van der Waals surface area contributed by atoms with Crippen LogP contribution in [0.3, 0.4) is 0 Å². The third-order valence-corrected chi connectivity index (χ3v) is 4.08. The van der Waals surface area contributed by atoms with Gasteiger partial charge >= 0.3 is 0 Å². The first-order valence-electron chi connectivity index (χ1n) is 6.02. The number of rotatable bonds is 2. The first-order chi connectivity index (χ1) is 9.16. The zero-order valence-corrected chi connectivity index (χ0v) is 11.6. The van der Waals surface area contributed by atoms with Gasteiger partial charge in [-0.2, -0.15) is 0 Å². The van der Waals surface area contributed by atoms with Crippen molar-refractivity contribution in [3.63, 3.8) is 0 Å². The van der Waals surface area contributed by atoms with Crippen molar-refractivity contribution in [3.8, 4) is 0 Å². The summed E-state index contributed by atoms with van der Waals surface area (Å²) in [7, 11) is 0. The number of aromatic nitrogens is 3. The summed E-state index contributed by atoms with van der Waals surface area (Å²) in [6.45, 7) is 4.27. The van der Waals surface area contributed by atoms with Crippen LogP contribution in [0.2, 0.25) is 0 Å². The Labute approximate surface area is 114 Å². The Morgan fingerprint density at radius 1 is 1.21 bits per heavy atom. The van der Waals surface area contributed by atoms with Gasteiger partial charge in [0.2, 0.25) is 0 Å². The molecule has 0 spiro atoms. The third kappa shape index (κ3) is 2.06. The van der Waals surface area contributed by atoms with Gasteiger partial charge in [-0.1, -0.05) is 12.1 Å². The minimum atomic E-state index is -0.0356. The smallest absolute Gasteiger partial charge is 0.272 e. The molecule has 0 atom stereocenters. The Hall–Kier alpha value is -2.01. The molecule has 4 nitrogen and oxygen atoms in total. The van der Waals surface area contributed by atoms with Crippen molar-refractivity contribution >= 4 is 22.4 Å². The number of thiazole rings is 1. The SMILES string of the molecule is Cc1ncsc1Cn1c(=O)c(C)nc2ccccc21. The summed E-state index contributed by atoms with van der Waals surface area (Å²) in [6, 6.07) is 7.72. The largest absolute Gasteiger partial charge is 0.300 e. The molecule has 2 aromatic heterocycles. The van der Waals surface area contributed by atoms with Crippen molar-refractivity contribution in [2.75, 3.05) is 0 Å². The number of para-hydroxylation sites is 2. The van der Waals surface area contributed by atoms with Gasteiger partial charge in [0.1, 0.15) is 5.69 Å². The van der Waals surface area contributed by atoms with Gasteiger partial charge in [0.05, 0.1) is 28.8 Å². The highest BCUT2D eigenvalue weighted by molar-refractivity contribution is 7.09. The maximum Gasteiger partial charge on any atom is 0.272 e. The van der Waals surface area contributed by atoms with Crippen molar-refractivity contribution in [3.05, 3.63) is 56.4 Å². The van der Waals surface area contributed by atoms with E-state index >= 15 is 0 Å². The highest BCUT2D eigenvalue weighted by atomic mass is 32.1. The number of hydrogen-bond donors (Lipinski definition) is 0. The molecular formula is C14H13N3OS. The van der Waals surface area contributed by atoms with Gasteiger partial charge < -0.3 is 0 Å². The van der Waals surface area contributed by atoms with Crippen LogP contribution in [0.1, 0.15) is 16.3 Å². The highest BCUT2D eigenvalue weighted by Gasteiger charge is 2.10. The summed E-state index contributed by atoms with van der Waals surface area (Å²) in [5, 5.41) is 0. The van der Waals surface area contributed by atoms with Crippen molar-refractivity contribution in [2.45, 2.75) is 20.4 Å². The Balaban J connectivity index is 2.24. The second-order valence-electron chi connectivity index (χ2n) is 4.44. The molecule has 3 aromatic rings. The molecule has 0 aliphatic carbocycles. The van der Waals surface area contributed by atoms with Crippen LogP contribution in [0.4, 0.5) is 0 Å². The number of benzene rings is 1. The molecule has 0 saturated heterocycles. The second kappa shape index (κ2) is 4.59. The van der Waals surface area contributed by atoms with Crippen LogP contribution in [-0.2, 0) is 6.54 Å². The topological polar surface area (TPSA) is 47.8 Å². The molecule has 0 aliphatic heterocycles. The van der Waals surface area contributed by atoms with Gasteiger partial charge in [-0.3, -0.25) is 9.36 Å². The van der Waals surface area contributed by atoms with E-state index in [0.29, 0.717) is 12.2 Å². The van der Waals surface area contributed by atoms with E-state index in [2.05, 4.69) is 9.97 Å². The second-order valence-corrected chi connectivity index (χ2v) is 5.38. The average molecular weight is 271 g/mol. The first-order valence-corrected chi connectivity index (χ1v) is 6.90. The van der Waals surface area contributed by atoms with Gasteiger partial charge in [0.15, 0.2) is 0 Å². The summed E-state index contributed by atoms with van der Waals surface area (Å²) in [5.74, 6) is 0. The molecule has 96 valence electrons. The Morgan fingerprint density at radius 2 is 2.00 bits per heavy atom. The Kier molecular flexibility index (Phi) is 2.91. The quantitative estimate of drug-likeness (QED) is 0.719. The predicted octanol–water partition coefficient (Wildman–Crippen LogP) is 2.52. The maximum atomic E-state index is 12.3. The number of hydrogen-bond acceptors (Lipinski definition) is 4. The molecule has 0 radical (unpaired) electrons. The summed E-state index contributed by atoms with van der Waals surface area (Å²) >= 11 is 1.58. The van der Waals surface area contributed by atoms with E-state index in [1.54, 1.807) is 22.8 Å². The lowest BCUT2D eigenvalue weighted by molar-refractivity contribution is 0.780. The lowest BCUT2D eigenvalue weighted by Crippen LogP contribution is -2.24. The van der Waals surface area contributed by atoms with E-state index in [1.165, 1.54) is 0 Å². The number of aryl methyl sites for hydroxylation is 2. The van der Waals surface area contributed by atoms with E-state index in [0.717, 1.165) is 21.6 Å². The fourth-order valence-corrected chi connectivity index (χ4v) is 2.86. The lowest BCUT2D eigenvalue weighted by atomic mass is 10.2. The van der Waals surface area contributed by atoms with E-state index in [9.17, 15) is 4.79 Å². The van der Waals surface area contributed by atoms with E-state index in [1.807, 2.05) is 36.7 Å². The van der Waals surface area contributed by atoms with Gasteiger partial charge in [-0.15, -0.1) is 11.3 Å². The monoisotopic (exact) mass is 271 g/mol. The molecule has 0 fully saturated rings. The third-order valence-electron chi connectivity index (χ3n) is 3.16. The van der Waals surface area contributed by atoms with Gasteiger partial charge in [-0.25, -0.2) is 9.97 Å². The predicted molar refractivity (Wildman–Crippen MR) is 76.7 cm³/mol. The van der Waals surface area contributed by atoms with Crippen LogP contribution >= 0.6 is 11.3 Å². The highest BCUT2D eigenvalue weighted by Crippen LogP contribution is 2.16. The zero-order valence-electron chi connectivity index (χ0n) is 10.8. The number of nitrogens with zero attached hydrogens (tertiary/aromatic N) is 3. The molecule has 5 heteroatoms. The standard InChI is InChI=1S/C14H13N3OS/c1-9-13(19-8-15-9)7-17-12-6-4-3-5-11(12)16-10(2)14(17)18/h3-6,8H,7H2,1-2H3.